The number of carboxylic acid groups (broad SMARTS) is 1. The number of rotatable bonds is 10. The third-order valence-corrected chi connectivity index (χ3v) is 13.3. The molecule has 7 atom stereocenters. The fourth-order valence-electron chi connectivity index (χ4n) is 10.1. The average molecular weight is 790 g/mol. The van der Waals surface area contributed by atoms with Crippen molar-refractivity contribution in [1.82, 2.24) is 35.1 Å². The van der Waals surface area contributed by atoms with Gasteiger partial charge in [-0.05, 0) is 95.0 Å². The zero-order valence-corrected chi connectivity index (χ0v) is 33.3. The van der Waals surface area contributed by atoms with Crippen LogP contribution >= 0.6 is 0 Å². The molecule has 2 saturated carbocycles. The van der Waals surface area contributed by atoms with Crippen LogP contribution in [0.15, 0.2) is 103 Å². The van der Waals surface area contributed by atoms with Gasteiger partial charge in [-0.3, -0.25) is 9.69 Å². The maximum atomic E-state index is 13.8. The molecule has 10 rings (SSSR count). The first kappa shape index (κ1) is 36.9. The van der Waals surface area contributed by atoms with Gasteiger partial charge in [0.15, 0.2) is 0 Å². The normalized spacial score (nSPS) is 24.5. The Morgan fingerprint density at radius 1 is 0.814 bits per heavy atom. The minimum absolute atomic E-state index is 0.0952. The van der Waals surface area contributed by atoms with Crippen molar-refractivity contribution in [3.63, 3.8) is 0 Å². The van der Waals surface area contributed by atoms with Gasteiger partial charge in [-0.25, -0.2) is 19.6 Å². The van der Waals surface area contributed by atoms with E-state index in [1.807, 2.05) is 49.3 Å². The van der Waals surface area contributed by atoms with E-state index in [9.17, 15) is 19.5 Å². The highest BCUT2D eigenvalue weighted by Crippen LogP contribution is 2.63. The summed E-state index contributed by atoms with van der Waals surface area (Å²) in [6, 6.07) is 30.4. The van der Waals surface area contributed by atoms with Gasteiger partial charge in [-0.2, -0.15) is 0 Å². The molecule has 300 valence electrons. The number of aromatic nitrogens is 4. The van der Waals surface area contributed by atoms with Crippen molar-refractivity contribution in [3.05, 3.63) is 121 Å². The maximum absolute atomic E-state index is 13.8. The third-order valence-electron chi connectivity index (χ3n) is 13.3. The number of nitrogens with zero attached hydrogens (tertiary/aromatic N) is 4. The van der Waals surface area contributed by atoms with Gasteiger partial charge in [0.05, 0.1) is 48.5 Å². The number of H-pyrrole nitrogens is 2. The molecule has 6 aromatic rings. The Balaban J connectivity index is 0.827. The first-order chi connectivity index (χ1) is 28.6. The van der Waals surface area contributed by atoms with Crippen LogP contribution in [0.5, 0.6) is 0 Å². The predicted molar refractivity (Wildman–Crippen MR) is 223 cm³/mol. The van der Waals surface area contributed by atoms with Crippen molar-refractivity contribution >= 4 is 28.9 Å². The molecular weight excluding hydrogens is 743 g/mol. The van der Waals surface area contributed by atoms with E-state index in [0.717, 1.165) is 87.9 Å². The smallest absolute Gasteiger partial charge is 0.408 e. The predicted octanol–water partition coefficient (Wildman–Crippen LogP) is 8.76. The van der Waals surface area contributed by atoms with E-state index in [4.69, 9.17) is 14.7 Å². The zero-order valence-electron chi connectivity index (χ0n) is 33.3. The molecule has 4 aliphatic rings. The number of fused-ring (bicyclic) bond motifs is 3. The fraction of sp³-hybridized carbons (Fsp3) is 0.340. The highest BCUT2D eigenvalue weighted by Gasteiger charge is 2.67. The number of piperidine rings is 2. The van der Waals surface area contributed by atoms with Gasteiger partial charge >= 0.3 is 12.2 Å². The topological polar surface area (TPSA) is 157 Å². The molecule has 4 N–H and O–H groups in total. The van der Waals surface area contributed by atoms with Crippen LogP contribution in [0.2, 0.25) is 0 Å². The highest BCUT2D eigenvalue weighted by molar-refractivity contribution is 5.91. The number of imidazole rings is 2. The molecule has 1 unspecified atom stereocenters. The summed E-state index contributed by atoms with van der Waals surface area (Å²) in [5.41, 5.74) is 6.73. The van der Waals surface area contributed by atoms with Gasteiger partial charge in [0.2, 0.25) is 5.91 Å². The van der Waals surface area contributed by atoms with Crippen LogP contribution in [-0.2, 0) is 16.0 Å². The maximum Gasteiger partial charge on any atom is 0.408 e. The Labute approximate surface area is 342 Å². The molecular formula is C47H47N7O5. The fourth-order valence-corrected chi connectivity index (χ4v) is 10.1. The van der Waals surface area contributed by atoms with Crippen molar-refractivity contribution in [2.75, 3.05) is 7.11 Å². The van der Waals surface area contributed by atoms with Crippen LogP contribution in [0.1, 0.15) is 68.8 Å². The molecule has 2 aromatic heterocycles. The van der Waals surface area contributed by atoms with Crippen molar-refractivity contribution in [2.24, 2.45) is 17.8 Å². The van der Waals surface area contributed by atoms with E-state index in [0.29, 0.717) is 17.7 Å². The molecule has 2 aliphatic heterocycles. The molecule has 12 heteroatoms. The average Bonchev–Trinajstić information content (AvgIpc) is 3.76. The van der Waals surface area contributed by atoms with Crippen molar-refractivity contribution < 1.29 is 24.2 Å². The van der Waals surface area contributed by atoms with Crippen LogP contribution < -0.4 is 5.32 Å². The van der Waals surface area contributed by atoms with E-state index in [2.05, 4.69) is 88.1 Å². The number of ether oxygens (including phenoxy) is 1. The minimum atomic E-state index is -0.889. The molecule has 59 heavy (non-hydrogen) atoms. The number of benzene rings is 4. The van der Waals surface area contributed by atoms with E-state index < -0.39 is 18.2 Å². The standard InChI is InChI=1S/C47H47N7O5/c1-26(2)41(52-45(56)59-3)44(55)53-38-19-34(38)20-39(53)42-48-25-37(51-42)33-16-15-31-17-30(13-14-32(31)18-33)28-9-11-29(12-10-28)36-24-49-43(50-36)40-21-35-23-47(35,54(40)46(57)58)22-27-7-5-4-6-8-27/h4-18,24-26,34-35,38-41H,19-23H2,1-3H3,(H,48,51)(H,49,50)(H,52,56)(H,57,58)/t34-,35-,38-,39+,40?,41+,47+/m1/s1. The van der Waals surface area contributed by atoms with E-state index >= 15 is 0 Å². The van der Waals surface area contributed by atoms with E-state index in [-0.39, 0.29) is 35.5 Å². The van der Waals surface area contributed by atoms with Gasteiger partial charge in [-0.15, -0.1) is 0 Å². The number of hydrogen-bond donors (Lipinski definition) is 4. The zero-order chi connectivity index (χ0) is 40.6. The van der Waals surface area contributed by atoms with E-state index in [1.54, 1.807) is 4.90 Å². The third kappa shape index (κ3) is 6.51. The first-order valence-corrected chi connectivity index (χ1v) is 20.6. The number of hydrogen-bond acceptors (Lipinski definition) is 6. The summed E-state index contributed by atoms with van der Waals surface area (Å²) in [6.07, 6.45) is 6.38. The SMILES string of the molecule is COC(=O)N[C@H](C(=O)N1[C@@H]2C[C@@H]2C[C@H]1c1ncc(-c2ccc3cc(-c4ccc(-c5cnc(C6C[C@@H]7C[C@]7(Cc7ccccc7)N6C(=O)O)[nH]5)cc4)ccc3c2)[nH]1)C(C)C. The van der Waals surface area contributed by atoms with Gasteiger partial charge in [0.1, 0.15) is 17.7 Å². The Kier molecular flexibility index (Phi) is 8.84. The van der Waals surface area contributed by atoms with Crippen molar-refractivity contribution in [1.29, 1.82) is 0 Å². The number of aromatic amines is 2. The lowest BCUT2D eigenvalue weighted by Gasteiger charge is -2.31. The van der Waals surface area contributed by atoms with Crippen molar-refractivity contribution in [2.45, 2.75) is 75.7 Å². The van der Waals surface area contributed by atoms with Gasteiger partial charge in [-0.1, -0.05) is 92.7 Å². The van der Waals surface area contributed by atoms with Gasteiger partial charge in [0.25, 0.3) is 0 Å². The van der Waals surface area contributed by atoms with Crippen LogP contribution in [0.4, 0.5) is 9.59 Å². The van der Waals surface area contributed by atoms with Crippen molar-refractivity contribution in [3.8, 4) is 33.6 Å². The second-order valence-electron chi connectivity index (χ2n) is 17.2. The summed E-state index contributed by atoms with van der Waals surface area (Å²) in [5, 5.41) is 15.3. The highest BCUT2D eigenvalue weighted by atomic mass is 16.5. The molecule has 2 saturated heterocycles. The molecule has 3 amide bonds. The minimum Gasteiger partial charge on any atom is -0.465 e. The first-order valence-electron chi connectivity index (χ1n) is 20.6. The Morgan fingerprint density at radius 2 is 1.44 bits per heavy atom. The molecule has 2 aliphatic carbocycles. The number of likely N-dealkylation sites (tertiary alicyclic amines) is 2. The van der Waals surface area contributed by atoms with E-state index in [1.165, 1.54) is 7.11 Å². The quantitative estimate of drug-likeness (QED) is 0.108. The number of amides is 3. The Morgan fingerprint density at radius 3 is 2.12 bits per heavy atom. The summed E-state index contributed by atoms with van der Waals surface area (Å²) < 4.78 is 4.81. The van der Waals surface area contributed by atoms with Crippen LogP contribution in [0, 0.1) is 17.8 Å². The molecule has 0 radical (unpaired) electrons. The number of methoxy groups -OCH3 is 1. The molecule has 4 aromatic carbocycles. The van der Waals surface area contributed by atoms with Gasteiger partial charge < -0.3 is 30.0 Å². The Bertz CT molecular complexity index is 2580. The monoisotopic (exact) mass is 789 g/mol. The molecule has 4 heterocycles. The number of alkyl carbamates (subject to hydrolysis) is 1. The second-order valence-corrected chi connectivity index (χ2v) is 17.2. The number of carbonyl (C=O) groups is 3. The summed E-state index contributed by atoms with van der Waals surface area (Å²) >= 11 is 0. The lowest BCUT2D eigenvalue weighted by atomic mass is 9.98. The van der Waals surface area contributed by atoms with Crippen LogP contribution in [-0.4, -0.2) is 77.7 Å². The number of carbonyl (C=O) groups excluding carboxylic acids is 2. The van der Waals surface area contributed by atoms with Crippen LogP contribution in [0.3, 0.4) is 0 Å². The molecule has 12 nitrogen and oxygen atoms in total. The summed E-state index contributed by atoms with van der Waals surface area (Å²) in [6.45, 7) is 3.85. The summed E-state index contributed by atoms with van der Waals surface area (Å²) in [7, 11) is 1.31. The summed E-state index contributed by atoms with van der Waals surface area (Å²) in [4.78, 5) is 58.6. The molecule has 0 spiro atoms. The number of nitrogens with one attached hydrogen (secondary N) is 3. The lowest BCUT2D eigenvalue weighted by Crippen LogP contribution is -2.52. The molecule has 4 fully saturated rings. The lowest BCUT2D eigenvalue weighted by molar-refractivity contribution is -0.136. The van der Waals surface area contributed by atoms with Gasteiger partial charge in [0, 0.05) is 11.6 Å². The second kappa shape index (κ2) is 14.1. The summed E-state index contributed by atoms with van der Waals surface area (Å²) in [5.74, 6) is 2.05. The molecule has 0 bridgehead atoms. The largest absolute Gasteiger partial charge is 0.465 e. The van der Waals surface area contributed by atoms with Crippen LogP contribution in [0.25, 0.3) is 44.4 Å². The Hall–Kier alpha value is -6.43.